The van der Waals surface area contributed by atoms with Gasteiger partial charge >= 0.3 is 0 Å². The molecule has 0 aliphatic carbocycles. The molecule has 5 heteroatoms. The zero-order valence-corrected chi connectivity index (χ0v) is 17.6. The summed E-state index contributed by atoms with van der Waals surface area (Å²) in [4.78, 5) is 4.73. The fourth-order valence-corrected chi connectivity index (χ4v) is 4.51. The number of anilines is 1. The van der Waals surface area contributed by atoms with E-state index in [0.717, 1.165) is 17.7 Å². The number of benzene rings is 2. The zero-order valence-electron chi connectivity index (χ0n) is 16.0. The Balaban J connectivity index is 1.54. The second-order valence-electron chi connectivity index (χ2n) is 7.01. The fourth-order valence-electron chi connectivity index (χ4n) is 3.47. The molecule has 0 saturated carbocycles. The Morgan fingerprint density at radius 1 is 1.11 bits per heavy atom. The van der Waals surface area contributed by atoms with Gasteiger partial charge in [-0.05, 0) is 66.3 Å². The summed E-state index contributed by atoms with van der Waals surface area (Å²) in [6.45, 7) is 4.91. The molecule has 142 valence electrons. The summed E-state index contributed by atoms with van der Waals surface area (Å²) in [7, 11) is 0. The maximum Gasteiger partial charge on any atom is 0.170 e. The molecule has 1 atom stereocenters. The number of H-pyrrole nitrogens is 1. The van der Waals surface area contributed by atoms with Gasteiger partial charge in [0.25, 0.3) is 0 Å². The van der Waals surface area contributed by atoms with Crippen LogP contribution in [0.25, 0.3) is 10.9 Å². The minimum Gasteiger partial charge on any atom is -0.361 e. The molecule has 0 radical (unpaired) electrons. The van der Waals surface area contributed by atoms with E-state index in [-0.39, 0.29) is 5.92 Å². The molecule has 4 aromatic rings. The number of aromatic nitrogens is 1. The molecule has 4 rings (SSSR count). The molecule has 0 unspecified atom stereocenters. The van der Waals surface area contributed by atoms with Crippen LogP contribution in [-0.2, 0) is 0 Å². The average Bonchev–Trinajstić information content (AvgIpc) is 3.36. The van der Waals surface area contributed by atoms with Gasteiger partial charge < -0.3 is 15.6 Å². The number of rotatable bonds is 5. The Bertz CT molecular complexity index is 1100. The molecule has 2 aromatic heterocycles. The van der Waals surface area contributed by atoms with Crippen molar-refractivity contribution in [2.45, 2.75) is 19.8 Å². The Kier molecular flexibility index (Phi) is 5.46. The van der Waals surface area contributed by atoms with E-state index in [1.165, 1.54) is 27.0 Å². The van der Waals surface area contributed by atoms with E-state index in [1.807, 2.05) is 0 Å². The largest absolute Gasteiger partial charge is 0.361 e. The normalized spacial score (nSPS) is 12.1. The lowest BCUT2D eigenvalue weighted by atomic mass is 9.97. The number of para-hydroxylation sites is 1. The summed E-state index contributed by atoms with van der Waals surface area (Å²) in [6.07, 6.45) is 2.12. The van der Waals surface area contributed by atoms with Crippen molar-refractivity contribution in [1.29, 1.82) is 0 Å². The van der Waals surface area contributed by atoms with Crippen molar-refractivity contribution in [2.24, 2.45) is 0 Å². The van der Waals surface area contributed by atoms with E-state index in [9.17, 15) is 0 Å². The van der Waals surface area contributed by atoms with Crippen molar-refractivity contribution in [3.63, 3.8) is 0 Å². The first-order valence-corrected chi connectivity index (χ1v) is 10.6. The van der Waals surface area contributed by atoms with Crippen LogP contribution in [0.1, 0.15) is 27.5 Å². The smallest absolute Gasteiger partial charge is 0.170 e. The number of aromatic amines is 1. The molecule has 2 heterocycles. The van der Waals surface area contributed by atoms with Gasteiger partial charge in [0.2, 0.25) is 0 Å². The van der Waals surface area contributed by atoms with Gasteiger partial charge in [0.15, 0.2) is 5.11 Å². The maximum atomic E-state index is 5.59. The van der Waals surface area contributed by atoms with Crippen LogP contribution in [0.3, 0.4) is 0 Å². The van der Waals surface area contributed by atoms with Crippen LogP contribution >= 0.6 is 23.6 Å². The van der Waals surface area contributed by atoms with Crippen molar-refractivity contribution in [1.82, 2.24) is 10.3 Å². The monoisotopic (exact) mass is 405 g/mol. The number of hydrogen-bond acceptors (Lipinski definition) is 2. The van der Waals surface area contributed by atoms with Gasteiger partial charge in [-0.2, -0.15) is 0 Å². The molecule has 0 bridgehead atoms. The van der Waals surface area contributed by atoms with Crippen molar-refractivity contribution < 1.29 is 0 Å². The van der Waals surface area contributed by atoms with E-state index in [0.29, 0.717) is 5.11 Å². The molecule has 0 aliphatic rings. The van der Waals surface area contributed by atoms with E-state index in [2.05, 4.69) is 95.6 Å². The van der Waals surface area contributed by atoms with E-state index in [4.69, 9.17) is 12.2 Å². The van der Waals surface area contributed by atoms with Crippen LogP contribution < -0.4 is 10.6 Å². The standard InChI is InChI=1S/C23H23N3S2/c1-15-9-10-16(2)21(12-15)26-23(27)25-14-19(22-8-5-11-28-22)18-13-24-20-7-4-3-6-17(18)20/h3-13,19,24H,14H2,1-2H3,(H2,25,26,27)/t19-/m0/s1. The van der Waals surface area contributed by atoms with Crippen molar-refractivity contribution in [3.05, 3.63) is 87.7 Å². The van der Waals surface area contributed by atoms with E-state index >= 15 is 0 Å². The van der Waals surface area contributed by atoms with Crippen LogP contribution in [0.15, 0.2) is 66.2 Å². The predicted molar refractivity (Wildman–Crippen MR) is 125 cm³/mol. The van der Waals surface area contributed by atoms with Gasteiger partial charge in [-0.25, -0.2) is 0 Å². The van der Waals surface area contributed by atoms with Gasteiger partial charge in [0, 0.05) is 40.1 Å². The predicted octanol–water partition coefficient (Wildman–Crippen LogP) is 5.96. The third-order valence-corrected chi connectivity index (χ3v) is 6.22. The molecule has 0 amide bonds. The molecule has 2 aromatic carbocycles. The van der Waals surface area contributed by atoms with Crippen molar-refractivity contribution in [3.8, 4) is 0 Å². The molecule has 0 saturated heterocycles. The van der Waals surface area contributed by atoms with Crippen LogP contribution in [0, 0.1) is 13.8 Å². The summed E-state index contributed by atoms with van der Waals surface area (Å²) in [5.74, 6) is 0.231. The maximum absolute atomic E-state index is 5.59. The highest BCUT2D eigenvalue weighted by Gasteiger charge is 2.19. The minimum atomic E-state index is 0.231. The third kappa shape index (κ3) is 3.96. The van der Waals surface area contributed by atoms with Crippen molar-refractivity contribution in [2.75, 3.05) is 11.9 Å². The van der Waals surface area contributed by atoms with Crippen LogP contribution in [0.2, 0.25) is 0 Å². The second-order valence-corrected chi connectivity index (χ2v) is 8.40. The Morgan fingerprint density at radius 2 is 1.96 bits per heavy atom. The Labute approximate surface area is 174 Å². The van der Waals surface area contributed by atoms with Crippen molar-refractivity contribution >= 4 is 45.3 Å². The second kappa shape index (κ2) is 8.17. The molecule has 0 fully saturated rings. The van der Waals surface area contributed by atoms with Crippen LogP contribution in [0.5, 0.6) is 0 Å². The van der Waals surface area contributed by atoms with E-state index < -0.39 is 0 Å². The summed E-state index contributed by atoms with van der Waals surface area (Å²) >= 11 is 7.37. The number of nitrogens with one attached hydrogen (secondary N) is 3. The highest BCUT2D eigenvalue weighted by Crippen LogP contribution is 2.32. The number of thiocarbonyl (C=S) groups is 1. The van der Waals surface area contributed by atoms with Gasteiger partial charge in [-0.15, -0.1) is 11.3 Å². The van der Waals surface area contributed by atoms with Gasteiger partial charge in [-0.3, -0.25) is 0 Å². The van der Waals surface area contributed by atoms with Crippen LogP contribution in [0.4, 0.5) is 5.69 Å². The van der Waals surface area contributed by atoms with E-state index in [1.54, 1.807) is 11.3 Å². The Hall–Kier alpha value is -2.63. The first-order chi connectivity index (χ1) is 13.6. The topological polar surface area (TPSA) is 39.8 Å². The quantitative estimate of drug-likeness (QED) is 0.359. The minimum absolute atomic E-state index is 0.231. The lowest BCUT2D eigenvalue weighted by Crippen LogP contribution is -2.32. The fraction of sp³-hybridized carbons (Fsp3) is 0.174. The number of hydrogen-bond donors (Lipinski definition) is 3. The first-order valence-electron chi connectivity index (χ1n) is 9.33. The number of thiophene rings is 1. The van der Waals surface area contributed by atoms with Crippen LogP contribution in [-0.4, -0.2) is 16.6 Å². The third-order valence-electron chi connectivity index (χ3n) is 4.99. The summed E-state index contributed by atoms with van der Waals surface area (Å²) in [5.41, 5.74) is 5.90. The molecule has 0 aliphatic heterocycles. The molecular formula is C23H23N3S2. The highest BCUT2D eigenvalue weighted by atomic mass is 32.1. The molecule has 0 spiro atoms. The molecular weight excluding hydrogens is 382 g/mol. The molecule has 3 nitrogen and oxygen atoms in total. The zero-order chi connectivity index (χ0) is 19.5. The first kappa shape index (κ1) is 18.7. The van der Waals surface area contributed by atoms with Gasteiger partial charge in [0.05, 0.1) is 0 Å². The SMILES string of the molecule is Cc1ccc(C)c(NC(=S)NC[C@H](c2cccs2)c2c[nH]c3ccccc23)c1. The summed E-state index contributed by atoms with van der Waals surface area (Å²) < 4.78 is 0. The summed E-state index contributed by atoms with van der Waals surface area (Å²) in [5, 5.41) is 10.8. The average molecular weight is 406 g/mol. The highest BCUT2D eigenvalue weighted by molar-refractivity contribution is 7.80. The molecule has 28 heavy (non-hydrogen) atoms. The number of aryl methyl sites for hydroxylation is 2. The number of fused-ring (bicyclic) bond motifs is 1. The lowest BCUT2D eigenvalue weighted by molar-refractivity contribution is 0.778. The lowest BCUT2D eigenvalue weighted by Gasteiger charge is -2.19. The molecule has 3 N–H and O–H groups in total. The van der Waals surface area contributed by atoms with Gasteiger partial charge in [-0.1, -0.05) is 36.4 Å². The Morgan fingerprint density at radius 3 is 2.79 bits per heavy atom. The summed E-state index contributed by atoms with van der Waals surface area (Å²) in [6, 6.07) is 19.1. The van der Waals surface area contributed by atoms with Gasteiger partial charge in [0.1, 0.15) is 0 Å².